The molecule has 3 aromatic rings. The number of likely N-dealkylation sites (tertiary alicyclic amines) is 1. The summed E-state index contributed by atoms with van der Waals surface area (Å²) in [6.45, 7) is 12.8. The fourth-order valence-electron chi connectivity index (χ4n) is 5.11. The second-order valence-electron chi connectivity index (χ2n) is 12.0. The number of rotatable bonds is 10. The molecule has 1 aliphatic heterocycles. The monoisotopic (exact) mass is 628 g/mol. The molecular weight excluding hydrogens is 588 g/mol. The van der Waals surface area contributed by atoms with Crippen LogP contribution in [0.1, 0.15) is 45.6 Å². The smallest absolute Gasteiger partial charge is 0.334 e. The van der Waals surface area contributed by atoms with E-state index in [9.17, 15) is 19.2 Å². The normalized spacial score (nSPS) is 16.7. The molecular formula is C34H40N6O6. The first-order valence-corrected chi connectivity index (χ1v) is 15.0. The van der Waals surface area contributed by atoms with Gasteiger partial charge in [-0.25, -0.2) is 25.0 Å². The number of urea groups is 1. The van der Waals surface area contributed by atoms with E-state index >= 15 is 0 Å². The zero-order valence-corrected chi connectivity index (χ0v) is 26.5. The minimum Gasteiger partial charge on any atom is -0.471 e. The van der Waals surface area contributed by atoms with Gasteiger partial charge in [0.25, 0.3) is 0 Å². The van der Waals surface area contributed by atoms with Crippen molar-refractivity contribution in [3.63, 3.8) is 0 Å². The predicted molar refractivity (Wildman–Crippen MR) is 174 cm³/mol. The van der Waals surface area contributed by atoms with Crippen LogP contribution < -0.4 is 20.9 Å². The summed E-state index contributed by atoms with van der Waals surface area (Å²) in [7, 11) is 1.25. The van der Waals surface area contributed by atoms with E-state index in [0.717, 1.165) is 11.1 Å². The van der Waals surface area contributed by atoms with E-state index in [1.807, 2.05) is 48.5 Å². The summed E-state index contributed by atoms with van der Waals surface area (Å²) in [5.74, 6) is -1.29. The van der Waals surface area contributed by atoms with Crippen molar-refractivity contribution in [3.8, 4) is 17.1 Å². The number of nitrogens with zero attached hydrogens (tertiary/aromatic N) is 3. The van der Waals surface area contributed by atoms with Gasteiger partial charge in [-0.1, -0.05) is 69.8 Å². The van der Waals surface area contributed by atoms with Gasteiger partial charge in [0.15, 0.2) is 0 Å². The second-order valence-corrected chi connectivity index (χ2v) is 12.0. The van der Waals surface area contributed by atoms with Gasteiger partial charge >= 0.3 is 12.0 Å². The van der Waals surface area contributed by atoms with E-state index in [1.54, 1.807) is 32.9 Å². The highest BCUT2D eigenvalue weighted by molar-refractivity contribution is 5.92. The van der Waals surface area contributed by atoms with E-state index in [1.165, 1.54) is 12.0 Å². The third-order valence-electron chi connectivity index (χ3n) is 7.51. The summed E-state index contributed by atoms with van der Waals surface area (Å²) < 4.78 is 11.5. The number of benzene rings is 2. The summed E-state index contributed by atoms with van der Waals surface area (Å²) in [6, 6.07) is 12.2. The number of hydrogen-bond donors (Lipinski definition) is 3. The van der Waals surface area contributed by atoms with Crippen molar-refractivity contribution < 1.29 is 28.7 Å². The topological polar surface area (TPSA) is 152 Å². The van der Waals surface area contributed by atoms with Gasteiger partial charge in [-0.2, -0.15) is 0 Å². The predicted octanol–water partition coefficient (Wildman–Crippen LogP) is 4.17. The van der Waals surface area contributed by atoms with Gasteiger partial charge in [-0.3, -0.25) is 15.0 Å². The maximum absolute atomic E-state index is 14.1. The van der Waals surface area contributed by atoms with Crippen molar-refractivity contribution in [2.75, 3.05) is 13.7 Å². The molecule has 0 spiro atoms. The molecule has 12 heteroatoms. The van der Waals surface area contributed by atoms with Gasteiger partial charge in [-0.15, -0.1) is 6.58 Å². The quantitative estimate of drug-likeness (QED) is 0.172. The van der Waals surface area contributed by atoms with Gasteiger partial charge in [0.05, 0.1) is 24.7 Å². The molecule has 0 unspecified atom stereocenters. The highest BCUT2D eigenvalue weighted by Crippen LogP contribution is 2.33. The number of fused-ring (bicyclic) bond motifs is 1. The molecule has 4 rings (SSSR count). The van der Waals surface area contributed by atoms with Crippen LogP contribution in [0, 0.1) is 5.41 Å². The first-order chi connectivity index (χ1) is 21.9. The van der Waals surface area contributed by atoms with E-state index in [4.69, 9.17) is 19.4 Å². The number of ether oxygens (including phenoxy) is 2. The first-order valence-electron chi connectivity index (χ1n) is 15.0. The number of hydrazine groups is 1. The first kappa shape index (κ1) is 33.6. The lowest BCUT2D eigenvalue weighted by Gasteiger charge is -2.35. The fraction of sp³-hybridized carbons (Fsp3) is 0.353. The Hall–Kier alpha value is -5.26. The molecule has 242 valence electrons. The molecule has 1 saturated heterocycles. The van der Waals surface area contributed by atoms with Crippen molar-refractivity contribution in [2.45, 2.75) is 58.2 Å². The molecule has 3 atom stereocenters. The summed E-state index contributed by atoms with van der Waals surface area (Å²) in [5, 5.41) is 2.65. The van der Waals surface area contributed by atoms with Crippen LogP contribution in [0.25, 0.3) is 28.4 Å². The Kier molecular flexibility index (Phi) is 10.7. The summed E-state index contributed by atoms with van der Waals surface area (Å²) >= 11 is 0. The van der Waals surface area contributed by atoms with Crippen LogP contribution in [0.4, 0.5) is 4.79 Å². The van der Waals surface area contributed by atoms with Crippen molar-refractivity contribution in [1.29, 1.82) is 0 Å². The minimum absolute atomic E-state index is 0.0212. The molecule has 4 amide bonds. The minimum atomic E-state index is -1.07. The van der Waals surface area contributed by atoms with Gasteiger partial charge in [0, 0.05) is 18.4 Å². The van der Waals surface area contributed by atoms with E-state index in [2.05, 4.69) is 29.3 Å². The molecule has 2 heterocycles. The Morgan fingerprint density at radius 2 is 1.76 bits per heavy atom. The lowest BCUT2D eigenvalue weighted by atomic mass is 9.85. The third-order valence-corrected chi connectivity index (χ3v) is 7.51. The van der Waals surface area contributed by atoms with Crippen LogP contribution in [0.5, 0.6) is 5.88 Å². The average molecular weight is 629 g/mol. The molecule has 1 aromatic heterocycles. The Bertz CT molecular complexity index is 1630. The average Bonchev–Trinajstić information content (AvgIpc) is 3.47. The van der Waals surface area contributed by atoms with Crippen molar-refractivity contribution >= 4 is 40.9 Å². The molecule has 1 fully saturated rings. The van der Waals surface area contributed by atoms with Crippen molar-refractivity contribution in [2.24, 2.45) is 5.41 Å². The molecule has 0 bridgehead atoms. The van der Waals surface area contributed by atoms with Crippen LogP contribution in [0.2, 0.25) is 0 Å². The van der Waals surface area contributed by atoms with E-state index in [0.29, 0.717) is 23.1 Å². The van der Waals surface area contributed by atoms with Gasteiger partial charge in [0.2, 0.25) is 17.7 Å². The summed E-state index contributed by atoms with van der Waals surface area (Å²) in [6.07, 6.45) is 3.39. The molecule has 2 aromatic carbocycles. The number of methoxy groups -OCH3 is 1. The molecule has 0 aliphatic carbocycles. The number of amides is 4. The van der Waals surface area contributed by atoms with Crippen LogP contribution in [0.3, 0.4) is 0 Å². The Balaban J connectivity index is 1.60. The lowest BCUT2D eigenvalue weighted by molar-refractivity contribution is -0.152. The SMILES string of the molecule is C=CCCC(=O)NNC(=O)N[C@H](C(=O)N1C[C@H](Oc2nc3ccccc3nc2-c2cccc(C=C)c2)C[C@H]1C(=O)OC)C(C)(C)C. The highest BCUT2D eigenvalue weighted by Gasteiger charge is 2.46. The van der Waals surface area contributed by atoms with Gasteiger partial charge < -0.3 is 19.7 Å². The van der Waals surface area contributed by atoms with Gasteiger partial charge in [-0.05, 0) is 35.6 Å². The van der Waals surface area contributed by atoms with E-state index < -0.39 is 47.4 Å². The van der Waals surface area contributed by atoms with E-state index in [-0.39, 0.29) is 25.3 Å². The maximum Gasteiger partial charge on any atom is 0.334 e. The number of carbonyl (C=O) groups excluding carboxylic acids is 4. The number of nitrogens with one attached hydrogen (secondary N) is 3. The molecule has 0 saturated carbocycles. The number of aromatic nitrogens is 2. The number of carbonyl (C=O) groups is 4. The maximum atomic E-state index is 14.1. The molecule has 1 aliphatic rings. The molecule has 46 heavy (non-hydrogen) atoms. The molecule has 3 N–H and O–H groups in total. The summed E-state index contributed by atoms with van der Waals surface area (Å²) in [5.41, 5.74) is 7.27. The zero-order chi connectivity index (χ0) is 33.4. The molecule has 0 radical (unpaired) electrons. The standard InChI is InChI=1S/C34H40N6O6/c1-7-9-17-27(41)38-39-33(44)37-29(34(3,4)5)31(42)40-20-23(19-26(40)32(43)45-6)46-30-28(22-14-12-13-21(8-2)18-22)35-24-15-10-11-16-25(24)36-30/h7-8,10-16,18,23,26,29H,1-2,9,17,19-20H2,3-6H3,(H,38,41)(H2,37,39,44)/t23-,26+,29-/m1/s1. The number of para-hydroxylation sites is 2. The highest BCUT2D eigenvalue weighted by atomic mass is 16.5. The Morgan fingerprint density at radius 3 is 2.41 bits per heavy atom. The van der Waals surface area contributed by atoms with Crippen LogP contribution in [-0.2, 0) is 19.1 Å². The third kappa shape index (κ3) is 8.06. The second kappa shape index (κ2) is 14.7. The Labute approximate surface area is 268 Å². The largest absolute Gasteiger partial charge is 0.471 e. The number of allylic oxidation sites excluding steroid dienone is 1. The lowest BCUT2D eigenvalue weighted by Crippen LogP contribution is -2.60. The fourth-order valence-corrected chi connectivity index (χ4v) is 5.11. The summed E-state index contributed by atoms with van der Waals surface area (Å²) in [4.78, 5) is 62.6. The molecule has 12 nitrogen and oxygen atoms in total. The Morgan fingerprint density at radius 1 is 1.04 bits per heavy atom. The zero-order valence-electron chi connectivity index (χ0n) is 26.5. The van der Waals surface area contributed by atoms with Crippen LogP contribution >= 0.6 is 0 Å². The van der Waals surface area contributed by atoms with Crippen LogP contribution in [0.15, 0.2) is 67.8 Å². The van der Waals surface area contributed by atoms with Gasteiger partial charge in [0.1, 0.15) is 23.9 Å². The number of hydrogen-bond acceptors (Lipinski definition) is 8. The number of esters is 1. The van der Waals surface area contributed by atoms with Crippen molar-refractivity contribution in [1.82, 2.24) is 31.0 Å². The van der Waals surface area contributed by atoms with Crippen molar-refractivity contribution in [3.05, 3.63) is 73.3 Å². The van der Waals surface area contributed by atoms with Crippen LogP contribution in [-0.4, -0.2) is 70.5 Å².